The van der Waals surface area contributed by atoms with Gasteiger partial charge in [0.1, 0.15) is 17.7 Å². The van der Waals surface area contributed by atoms with Gasteiger partial charge in [0.25, 0.3) is 0 Å². The molecule has 1 aliphatic rings. The summed E-state index contributed by atoms with van der Waals surface area (Å²) in [5.74, 6) is 0. The van der Waals surface area contributed by atoms with Crippen LogP contribution in [0.15, 0.2) is 59.8 Å². The van der Waals surface area contributed by atoms with E-state index in [0.29, 0.717) is 5.03 Å². The van der Waals surface area contributed by atoms with Crippen molar-refractivity contribution in [1.82, 2.24) is 14.9 Å². The van der Waals surface area contributed by atoms with E-state index in [1.54, 1.807) is 48.7 Å². The Kier molecular flexibility index (Phi) is 9.26. The van der Waals surface area contributed by atoms with Gasteiger partial charge < -0.3 is 9.84 Å². The molecule has 1 fully saturated rings. The van der Waals surface area contributed by atoms with E-state index in [1.807, 2.05) is 6.07 Å². The summed E-state index contributed by atoms with van der Waals surface area (Å²) in [4.78, 5) is 48.2. The van der Waals surface area contributed by atoms with Crippen LogP contribution in [0.1, 0.15) is 18.4 Å². The number of benzene rings is 1. The number of hydrogen-bond donors (Lipinski definition) is 1. The van der Waals surface area contributed by atoms with E-state index in [-0.39, 0.29) is 31.1 Å². The van der Waals surface area contributed by atoms with Gasteiger partial charge >= 0.3 is 16.2 Å². The molecule has 0 bridgehead atoms. The maximum atomic E-state index is 12.8. The number of carboxylic acid groups (broad SMARTS) is 1. The highest BCUT2D eigenvalue weighted by Crippen LogP contribution is 2.31. The summed E-state index contributed by atoms with van der Waals surface area (Å²) < 4.78 is 2.46. The van der Waals surface area contributed by atoms with E-state index in [1.165, 1.54) is 0 Å². The second kappa shape index (κ2) is 11.9. The van der Waals surface area contributed by atoms with Crippen molar-refractivity contribution in [3.05, 3.63) is 60.3 Å². The van der Waals surface area contributed by atoms with Crippen molar-refractivity contribution >= 4 is 63.9 Å². The van der Waals surface area contributed by atoms with Gasteiger partial charge in [-0.05, 0) is 77.1 Å². The number of halogens is 3. The molecule has 3 rings (SSSR count). The minimum atomic E-state index is -2.34. The van der Waals surface area contributed by atoms with Crippen molar-refractivity contribution in [2.24, 2.45) is 0 Å². The Hall–Kier alpha value is -2.24. The highest BCUT2D eigenvalue weighted by molar-refractivity contribution is 8.13. The van der Waals surface area contributed by atoms with E-state index in [2.05, 4.69) is 4.98 Å². The number of aromatic nitrogens is 1. The molecule has 1 aliphatic heterocycles. The number of thioether (sulfide) groups is 1. The van der Waals surface area contributed by atoms with Crippen LogP contribution in [-0.2, 0) is 21.0 Å². The standard InChI is InChI=1S/C21H20Cl3N3O6S/c22-21(23,24)33-20(31)27(32-13-14-6-2-1-3-7-14)15-9-10-16(26(12-15)19(29)30)18(28)34-17-8-4-5-11-25-17/h1-8,11,15-16H,9-10,12-13H2,(H,29,30)/t15-,16+/m1/s1. The highest BCUT2D eigenvalue weighted by Gasteiger charge is 2.42. The van der Waals surface area contributed by atoms with Crippen LogP contribution in [-0.4, -0.2) is 60.0 Å². The fourth-order valence-electron chi connectivity index (χ4n) is 3.35. The molecule has 0 spiro atoms. The molecular formula is C21H20Cl3N3O6S. The van der Waals surface area contributed by atoms with E-state index in [9.17, 15) is 19.5 Å². The molecule has 2 atom stereocenters. The van der Waals surface area contributed by atoms with Crippen LogP contribution in [0.4, 0.5) is 9.59 Å². The lowest BCUT2D eigenvalue weighted by Gasteiger charge is -2.40. The smallest absolute Gasteiger partial charge is 0.437 e. The Bertz CT molecular complexity index is 996. The molecule has 0 unspecified atom stereocenters. The molecule has 34 heavy (non-hydrogen) atoms. The van der Waals surface area contributed by atoms with Crippen LogP contribution in [0.3, 0.4) is 0 Å². The van der Waals surface area contributed by atoms with Gasteiger partial charge in [0.2, 0.25) is 5.12 Å². The van der Waals surface area contributed by atoms with Gasteiger partial charge in [0, 0.05) is 12.7 Å². The first-order valence-corrected chi connectivity index (χ1v) is 12.0. The van der Waals surface area contributed by atoms with Crippen LogP contribution in [0, 0.1) is 0 Å². The molecule has 13 heteroatoms. The van der Waals surface area contributed by atoms with Gasteiger partial charge in [0.05, 0.1) is 6.04 Å². The number of rotatable bonds is 6. The fourth-order valence-corrected chi connectivity index (χ4v) is 4.39. The predicted molar refractivity (Wildman–Crippen MR) is 126 cm³/mol. The average Bonchev–Trinajstić information content (AvgIpc) is 2.79. The van der Waals surface area contributed by atoms with Crippen LogP contribution in [0.25, 0.3) is 0 Å². The van der Waals surface area contributed by atoms with Crippen LogP contribution < -0.4 is 0 Å². The summed E-state index contributed by atoms with van der Waals surface area (Å²) >= 11 is 17.6. The first kappa shape index (κ1) is 26.4. The molecule has 2 heterocycles. The Morgan fingerprint density at radius 3 is 2.44 bits per heavy atom. The lowest BCUT2D eigenvalue weighted by Crippen LogP contribution is -2.56. The number of pyridine rings is 1. The quantitative estimate of drug-likeness (QED) is 0.301. The molecule has 2 amide bonds. The molecule has 0 radical (unpaired) electrons. The number of carbonyl (C=O) groups is 3. The van der Waals surface area contributed by atoms with Crippen molar-refractivity contribution in [3.63, 3.8) is 0 Å². The third-order valence-electron chi connectivity index (χ3n) is 4.85. The number of nitrogens with zero attached hydrogens (tertiary/aromatic N) is 3. The lowest BCUT2D eigenvalue weighted by molar-refractivity contribution is -0.181. The van der Waals surface area contributed by atoms with Crippen molar-refractivity contribution in [2.75, 3.05) is 6.54 Å². The van der Waals surface area contributed by atoms with Crippen molar-refractivity contribution in [2.45, 2.75) is 40.5 Å². The maximum absolute atomic E-state index is 12.8. The molecule has 1 saturated heterocycles. The normalized spacial score (nSPS) is 18.3. The molecule has 0 aliphatic carbocycles. The highest BCUT2D eigenvalue weighted by atomic mass is 35.6. The van der Waals surface area contributed by atoms with Crippen LogP contribution >= 0.6 is 46.6 Å². The number of carbonyl (C=O) groups excluding carboxylic acids is 2. The summed E-state index contributed by atoms with van der Waals surface area (Å²) in [6.45, 7) is -0.227. The first-order valence-electron chi connectivity index (χ1n) is 10.0. The van der Waals surface area contributed by atoms with Gasteiger partial charge in [-0.15, -0.1) is 0 Å². The monoisotopic (exact) mass is 547 g/mol. The Labute approximate surface area is 214 Å². The van der Waals surface area contributed by atoms with Crippen molar-refractivity contribution < 1.29 is 29.1 Å². The Balaban J connectivity index is 1.75. The van der Waals surface area contributed by atoms with Crippen LogP contribution in [0.2, 0.25) is 0 Å². The fraction of sp³-hybridized carbons (Fsp3) is 0.333. The molecule has 0 saturated carbocycles. The first-order chi connectivity index (χ1) is 16.1. The van der Waals surface area contributed by atoms with E-state index >= 15 is 0 Å². The van der Waals surface area contributed by atoms with Gasteiger partial charge in [-0.3, -0.25) is 14.5 Å². The van der Waals surface area contributed by atoms with Gasteiger partial charge in [-0.2, -0.15) is 5.06 Å². The SMILES string of the molecule is O=C(Sc1ccccn1)[C@@H]1CC[C@@H](N(OCc2ccccc2)C(=O)OC(Cl)(Cl)Cl)CN1C(=O)O. The van der Waals surface area contributed by atoms with E-state index in [4.69, 9.17) is 44.4 Å². The largest absolute Gasteiger partial charge is 0.465 e. The molecule has 1 N–H and O–H groups in total. The minimum Gasteiger partial charge on any atom is -0.465 e. The molecule has 2 aromatic rings. The zero-order chi connectivity index (χ0) is 24.7. The van der Waals surface area contributed by atoms with Gasteiger partial charge in [-0.1, -0.05) is 36.4 Å². The number of hydroxylamine groups is 2. The number of alkyl halides is 3. The zero-order valence-electron chi connectivity index (χ0n) is 17.6. The molecular weight excluding hydrogens is 529 g/mol. The topological polar surface area (TPSA) is 109 Å². The van der Waals surface area contributed by atoms with Gasteiger partial charge in [0.15, 0.2) is 0 Å². The number of amides is 2. The second-order valence-corrected chi connectivity index (χ2v) is 10.4. The lowest BCUT2D eigenvalue weighted by atomic mass is 9.99. The molecule has 1 aromatic carbocycles. The Morgan fingerprint density at radius 2 is 1.82 bits per heavy atom. The second-order valence-electron chi connectivity index (χ2n) is 7.17. The minimum absolute atomic E-state index is 0.0166. The van der Waals surface area contributed by atoms with E-state index < -0.39 is 28.2 Å². The number of piperidine rings is 1. The molecule has 182 valence electrons. The summed E-state index contributed by atoms with van der Waals surface area (Å²) in [6, 6.07) is 12.4. The number of hydrogen-bond acceptors (Lipinski definition) is 7. The van der Waals surface area contributed by atoms with Crippen molar-refractivity contribution in [3.8, 4) is 0 Å². The predicted octanol–water partition coefficient (Wildman–Crippen LogP) is 5.11. The average molecular weight is 549 g/mol. The summed E-state index contributed by atoms with van der Waals surface area (Å²) in [5, 5.41) is 10.7. The number of ether oxygens (including phenoxy) is 1. The van der Waals surface area contributed by atoms with Crippen molar-refractivity contribution in [1.29, 1.82) is 0 Å². The summed E-state index contributed by atoms with van der Waals surface area (Å²) in [7, 11) is 0. The van der Waals surface area contributed by atoms with E-state index in [0.717, 1.165) is 27.3 Å². The van der Waals surface area contributed by atoms with Gasteiger partial charge in [-0.25, -0.2) is 14.6 Å². The third kappa shape index (κ3) is 7.64. The zero-order valence-corrected chi connectivity index (χ0v) is 20.6. The third-order valence-corrected chi connectivity index (χ3v) is 6.00. The van der Waals surface area contributed by atoms with Crippen LogP contribution in [0.5, 0.6) is 0 Å². The molecule has 9 nitrogen and oxygen atoms in total. The number of likely N-dealkylation sites (tertiary alicyclic amines) is 1. The summed E-state index contributed by atoms with van der Waals surface area (Å²) in [6.07, 6.45) is -0.491. The Morgan fingerprint density at radius 1 is 1.12 bits per heavy atom. The summed E-state index contributed by atoms with van der Waals surface area (Å²) in [5.41, 5.74) is 0.750. The maximum Gasteiger partial charge on any atom is 0.437 e. The molecule has 1 aromatic heterocycles.